The minimum atomic E-state index is -4.27. The molecule has 0 spiro atoms. The zero-order chi connectivity index (χ0) is 19.5. The van der Waals surface area contributed by atoms with Crippen molar-refractivity contribution in [1.29, 1.82) is 0 Å². The van der Waals surface area contributed by atoms with Gasteiger partial charge in [0.2, 0.25) is 0 Å². The Morgan fingerprint density at radius 3 is 1.44 bits per heavy atom. The summed E-state index contributed by atoms with van der Waals surface area (Å²) in [4.78, 5) is 2.64. The van der Waals surface area contributed by atoms with Crippen molar-refractivity contribution in [2.24, 2.45) is 0 Å². The number of hydrogen-bond acceptors (Lipinski definition) is 3. The first kappa shape index (κ1) is 20.1. The first-order valence-electron chi connectivity index (χ1n) is 8.72. The Hall–Kier alpha value is -1.61. The van der Waals surface area contributed by atoms with Gasteiger partial charge in [0.05, 0.1) is 0 Å². The third-order valence-electron chi connectivity index (χ3n) is 4.38. The fraction of sp³-hybridized carbons (Fsp3) is 0.182. The van der Waals surface area contributed by atoms with Crippen LogP contribution >= 0.6 is 10.3 Å². The Labute approximate surface area is 170 Å². The van der Waals surface area contributed by atoms with E-state index in [2.05, 4.69) is 32.9 Å². The molecule has 0 amide bonds. The third kappa shape index (κ3) is 4.29. The van der Waals surface area contributed by atoms with Crippen LogP contribution in [-0.2, 0) is 13.9 Å². The quantitative estimate of drug-likeness (QED) is 0.411. The molecule has 0 bridgehead atoms. The first-order chi connectivity index (χ1) is 12.8. The molecule has 0 aliphatic rings. The van der Waals surface area contributed by atoms with E-state index >= 15 is 0 Å². The average Bonchev–Trinajstić information content (AvgIpc) is 2.67. The van der Waals surface area contributed by atoms with Gasteiger partial charge in [-0.25, -0.2) is 0 Å². The summed E-state index contributed by atoms with van der Waals surface area (Å²) >= 11 is -4.27. The number of benzene rings is 3. The molecule has 0 saturated carbocycles. The van der Waals surface area contributed by atoms with Gasteiger partial charge in [-0.15, -0.1) is 0 Å². The monoisotopic (exact) mass is 488 g/mol. The molecule has 3 rings (SSSR count). The fourth-order valence-corrected chi connectivity index (χ4v) is 9.63. The van der Waals surface area contributed by atoms with Gasteiger partial charge in [-0.05, 0) is 0 Å². The van der Waals surface area contributed by atoms with Crippen molar-refractivity contribution in [2.75, 3.05) is 0 Å². The normalized spacial score (nSPS) is 12.6. The van der Waals surface area contributed by atoms with Gasteiger partial charge in [-0.1, -0.05) is 0 Å². The second-order valence-electron chi connectivity index (χ2n) is 7.25. The minimum absolute atomic E-state index is 0.0219. The maximum atomic E-state index is 11.9. The maximum absolute atomic E-state index is 11.9. The zero-order valence-corrected chi connectivity index (χ0v) is 19.0. The fourth-order valence-electron chi connectivity index (χ4n) is 3.00. The zero-order valence-electron chi connectivity index (χ0n) is 15.7. The van der Waals surface area contributed by atoms with E-state index in [0.717, 1.165) is 14.7 Å². The summed E-state index contributed by atoms with van der Waals surface area (Å²) in [5.74, 6) is 0. The molecule has 140 valence electrons. The Morgan fingerprint density at radius 1 is 0.667 bits per heavy atom. The Morgan fingerprint density at radius 2 is 1.07 bits per heavy atom. The van der Waals surface area contributed by atoms with Gasteiger partial charge in [0, 0.05) is 0 Å². The van der Waals surface area contributed by atoms with E-state index in [1.54, 1.807) is 0 Å². The van der Waals surface area contributed by atoms with Crippen LogP contribution in [0.15, 0.2) is 99.6 Å². The van der Waals surface area contributed by atoms with Gasteiger partial charge >= 0.3 is 171 Å². The van der Waals surface area contributed by atoms with Crippen LogP contribution in [0.5, 0.6) is 0 Å². The topological polar surface area (TPSA) is 43.4 Å². The summed E-state index contributed by atoms with van der Waals surface area (Å²) in [6.07, 6.45) is 0. The predicted molar refractivity (Wildman–Crippen MR) is 109 cm³/mol. The van der Waals surface area contributed by atoms with E-state index in [-0.39, 0.29) is 5.41 Å². The second-order valence-corrected chi connectivity index (χ2v) is 12.5. The van der Waals surface area contributed by atoms with Crippen molar-refractivity contribution >= 4 is 30.9 Å². The molecular formula is C22H23O3SSb. The van der Waals surface area contributed by atoms with Crippen molar-refractivity contribution in [1.82, 2.24) is 0 Å². The molecule has 0 N–H and O–H groups in total. The number of rotatable bonds is 5. The predicted octanol–water partition coefficient (Wildman–Crippen LogP) is 6.04. The molecule has 0 radical (unpaired) electrons. The molecule has 0 unspecified atom stereocenters. The average molecular weight is 489 g/mol. The standard InChI is InChI=1S/C22H24OS.2O.Sb/c1-22(2,3)18-14-16-21(17-15-18)24(23,19-10-6-4-7-11-19)20-12-8-5-9-13-20;;;/h4-17,23H,1-3H3;;;/q;;;+1/p-1. The van der Waals surface area contributed by atoms with E-state index < -0.39 is 30.9 Å². The molecule has 0 aliphatic carbocycles. The summed E-state index contributed by atoms with van der Waals surface area (Å²) < 4.78 is 29.7. The molecule has 0 aromatic heterocycles. The molecule has 27 heavy (non-hydrogen) atoms. The Balaban J connectivity index is 2.29. The number of hydrogen-bond donors (Lipinski definition) is 0. The van der Waals surface area contributed by atoms with Crippen LogP contribution in [0, 0.1) is 0 Å². The third-order valence-corrected chi connectivity index (χ3v) is 10.5. The van der Waals surface area contributed by atoms with Crippen LogP contribution in [0.2, 0.25) is 0 Å². The Bertz CT molecular complexity index is 912. The first-order valence-corrected chi connectivity index (χ1v) is 13.4. The van der Waals surface area contributed by atoms with Gasteiger partial charge < -0.3 is 0 Å². The molecule has 0 saturated heterocycles. The summed E-state index contributed by atoms with van der Waals surface area (Å²) in [6.45, 7) is 6.48. The van der Waals surface area contributed by atoms with Crippen LogP contribution in [0.4, 0.5) is 0 Å². The van der Waals surface area contributed by atoms with Crippen LogP contribution in [0.1, 0.15) is 26.3 Å². The molecule has 0 aliphatic heterocycles. The van der Waals surface area contributed by atoms with Crippen molar-refractivity contribution < 1.29 is 8.50 Å². The van der Waals surface area contributed by atoms with E-state index in [9.17, 15) is 6.03 Å². The van der Waals surface area contributed by atoms with E-state index in [1.807, 2.05) is 72.8 Å². The van der Waals surface area contributed by atoms with Crippen LogP contribution in [0.25, 0.3) is 0 Å². The van der Waals surface area contributed by atoms with Crippen molar-refractivity contribution in [3.05, 3.63) is 90.5 Å². The molecule has 0 heterocycles. The second kappa shape index (κ2) is 8.18. The van der Waals surface area contributed by atoms with Gasteiger partial charge in [-0.2, -0.15) is 0 Å². The molecule has 0 atom stereocenters. The SMILES string of the molecule is CC(C)(C)c1ccc(S([O][Sb](=[O])=[O])(c2ccccc2)c2ccccc2)cc1. The van der Waals surface area contributed by atoms with Gasteiger partial charge in [0.15, 0.2) is 0 Å². The molecule has 3 aromatic carbocycles. The van der Waals surface area contributed by atoms with Gasteiger partial charge in [0.1, 0.15) is 0 Å². The Kier molecular flexibility index (Phi) is 6.10. The molecule has 3 nitrogen and oxygen atoms in total. The summed E-state index contributed by atoms with van der Waals surface area (Å²) in [7, 11) is -2.34. The van der Waals surface area contributed by atoms with Crippen LogP contribution in [-0.4, -0.2) is 20.6 Å². The van der Waals surface area contributed by atoms with Gasteiger partial charge in [0.25, 0.3) is 0 Å². The van der Waals surface area contributed by atoms with Crippen molar-refractivity contribution in [3.8, 4) is 0 Å². The molecule has 5 heteroatoms. The molecular weight excluding hydrogens is 466 g/mol. The van der Waals surface area contributed by atoms with Crippen molar-refractivity contribution in [2.45, 2.75) is 40.9 Å². The molecule has 3 aromatic rings. The van der Waals surface area contributed by atoms with E-state index in [1.165, 1.54) is 5.56 Å². The van der Waals surface area contributed by atoms with Crippen molar-refractivity contribution in [3.63, 3.8) is 0 Å². The van der Waals surface area contributed by atoms with Crippen LogP contribution < -0.4 is 0 Å². The summed E-state index contributed by atoms with van der Waals surface area (Å²) in [6, 6.07) is 27.5. The van der Waals surface area contributed by atoms with Crippen LogP contribution in [0.3, 0.4) is 0 Å². The summed E-state index contributed by atoms with van der Waals surface area (Å²) in [5, 5.41) is 0. The summed E-state index contributed by atoms with van der Waals surface area (Å²) in [5.41, 5.74) is 1.22. The molecule has 0 fully saturated rings. The van der Waals surface area contributed by atoms with E-state index in [0.29, 0.717) is 0 Å². The van der Waals surface area contributed by atoms with Gasteiger partial charge in [-0.3, -0.25) is 0 Å². The van der Waals surface area contributed by atoms with E-state index in [4.69, 9.17) is 2.46 Å².